The molecule has 8 heteroatoms. The van der Waals surface area contributed by atoms with E-state index in [2.05, 4.69) is 15.6 Å². The van der Waals surface area contributed by atoms with E-state index in [1.807, 2.05) is 12.1 Å². The van der Waals surface area contributed by atoms with Crippen LogP contribution in [0.25, 0.3) is 0 Å². The van der Waals surface area contributed by atoms with Gasteiger partial charge in [-0.1, -0.05) is 35.6 Å². The minimum absolute atomic E-state index is 0.0767. The lowest BCUT2D eigenvalue weighted by atomic mass is 9.91. The third-order valence-electron chi connectivity index (χ3n) is 4.76. The van der Waals surface area contributed by atoms with Crippen molar-refractivity contribution in [3.05, 3.63) is 64.3 Å². The van der Waals surface area contributed by atoms with E-state index in [-0.39, 0.29) is 24.2 Å². The number of hydrogen-bond donors (Lipinski definition) is 2. The maximum absolute atomic E-state index is 13.9. The first-order valence-corrected chi connectivity index (χ1v) is 9.93. The summed E-state index contributed by atoms with van der Waals surface area (Å²) in [6.45, 7) is 0.0767. The van der Waals surface area contributed by atoms with Crippen molar-refractivity contribution in [2.45, 2.75) is 18.9 Å². The molecule has 1 unspecified atom stereocenters. The molecule has 150 valence electrons. The SMILES string of the molecule is CNc1nc2c(s1)C(c1ccc(OC)c(OCc3ccccc3F)c1)CC(=O)N2. The number of nitrogens with zero attached hydrogens (tertiary/aromatic N) is 1. The second-order valence-electron chi connectivity index (χ2n) is 6.58. The quantitative estimate of drug-likeness (QED) is 0.627. The number of hydrogen-bond acceptors (Lipinski definition) is 6. The summed E-state index contributed by atoms with van der Waals surface area (Å²) in [7, 11) is 3.35. The standard InChI is InChI=1S/C21H20FN3O3S/c1-23-21-25-20-19(29-21)14(10-18(26)24-20)12-7-8-16(27-2)17(9-12)28-11-13-5-3-4-6-15(13)22/h3-9,14H,10-11H2,1-2H3,(H,23,25)(H,24,26). The van der Waals surface area contributed by atoms with Crippen molar-refractivity contribution in [1.82, 2.24) is 4.98 Å². The molecular formula is C21H20FN3O3S. The molecule has 2 aromatic carbocycles. The maximum atomic E-state index is 13.9. The van der Waals surface area contributed by atoms with E-state index in [1.165, 1.54) is 17.4 Å². The highest BCUT2D eigenvalue weighted by molar-refractivity contribution is 7.16. The maximum Gasteiger partial charge on any atom is 0.226 e. The zero-order chi connectivity index (χ0) is 20.4. The average Bonchev–Trinajstić information content (AvgIpc) is 3.15. The summed E-state index contributed by atoms with van der Waals surface area (Å²) in [6.07, 6.45) is 0.317. The smallest absolute Gasteiger partial charge is 0.226 e. The van der Waals surface area contributed by atoms with Gasteiger partial charge in [-0.05, 0) is 23.8 Å². The molecule has 0 saturated heterocycles. The summed E-state index contributed by atoms with van der Waals surface area (Å²) < 4.78 is 25.2. The molecule has 2 heterocycles. The Bertz CT molecular complexity index is 1050. The van der Waals surface area contributed by atoms with E-state index in [4.69, 9.17) is 9.47 Å². The summed E-state index contributed by atoms with van der Waals surface area (Å²) in [6, 6.07) is 12.1. The van der Waals surface area contributed by atoms with Gasteiger partial charge in [0.15, 0.2) is 16.6 Å². The second kappa shape index (κ2) is 8.08. The fourth-order valence-electron chi connectivity index (χ4n) is 3.29. The molecule has 2 N–H and O–H groups in total. The topological polar surface area (TPSA) is 72.5 Å². The van der Waals surface area contributed by atoms with E-state index in [0.717, 1.165) is 15.6 Å². The molecule has 1 atom stereocenters. The fourth-order valence-corrected chi connectivity index (χ4v) is 4.29. The first-order chi connectivity index (χ1) is 14.1. The zero-order valence-electron chi connectivity index (χ0n) is 16.0. The lowest BCUT2D eigenvalue weighted by Crippen LogP contribution is -2.22. The van der Waals surface area contributed by atoms with E-state index in [9.17, 15) is 9.18 Å². The predicted octanol–water partition coefficient (Wildman–Crippen LogP) is 4.39. The van der Waals surface area contributed by atoms with Gasteiger partial charge in [-0.3, -0.25) is 4.79 Å². The van der Waals surface area contributed by atoms with Gasteiger partial charge in [-0.15, -0.1) is 0 Å². The molecule has 0 saturated carbocycles. The average molecular weight is 413 g/mol. The van der Waals surface area contributed by atoms with Gasteiger partial charge >= 0.3 is 0 Å². The number of halogens is 1. The van der Waals surface area contributed by atoms with E-state index in [1.54, 1.807) is 38.4 Å². The number of thiazole rings is 1. The van der Waals surface area contributed by atoms with Crippen molar-refractivity contribution in [2.24, 2.45) is 0 Å². The molecule has 0 bridgehead atoms. The summed E-state index contributed by atoms with van der Waals surface area (Å²) in [4.78, 5) is 17.6. The number of rotatable bonds is 6. The van der Waals surface area contributed by atoms with Gasteiger partial charge < -0.3 is 20.1 Å². The molecule has 0 spiro atoms. The number of ether oxygens (including phenoxy) is 2. The first-order valence-electron chi connectivity index (χ1n) is 9.11. The Hall–Kier alpha value is -3.13. The molecule has 1 amide bonds. The number of fused-ring (bicyclic) bond motifs is 1. The minimum atomic E-state index is -0.319. The molecule has 29 heavy (non-hydrogen) atoms. The van der Waals surface area contributed by atoms with Crippen LogP contribution in [0.1, 0.15) is 28.3 Å². The summed E-state index contributed by atoms with van der Waals surface area (Å²) in [5.74, 6) is 1.09. The highest BCUT2D eigenvalue weighted by Gasteiger charge is 2.30. The van der Waals surface area contributed by atoms with Crippen molar-refractivity contribution < 1.29 is 18.7 Å². The van der Waals surface area contributed by atoms with Crippen LogP contribution in [-0.4, -0.2) is 25.0 Å². The molecule has 0 fully saturated rings. The van der Waals surface area contributed by atoms with Gasteiger partial charge in [0.1, 0.15) is 18.2 Å². The van der Waals surface area contributed by atoms with Crippen LogP contribution in [0.15, 0.2) is 42.5 Å². The van der Waals surface area contributed by atoms with Crippen LogP contribution in [-0.2, 0) is 11.4 Å². The van der Waals surface area contributed by atoms with Gasteiger partial charge in [0.05, 0.1) is 12.0 Å². The largest absolute Gasteiger partial charge is 0.493 e. The Kier molecular flexibility index (Phi) is 5.35. The van der Waals surface area contributed by atoms with E-state index in [0.29, 0.717) is 29.3 Å². The Morgan fingerprint density at radius 2 is 2.10 bits per heavy atom. The molecule has 0 radical (unpaired) electrons. The number of nitrogens with one attached hydrogen (secondary N) is 2. The molecular weight excluding hydrogens is 393 g/mol. The van der Waals surface area contributed by atoms with Gasteiger partial charge in [-0.2, -0.15) is 0 Å². The van der Waals surface area contributed by atoms with Crippen LogP contribution in [0.2, 0.25) is 0 Å². The van der Waals surface area contributed by atoms with E-state index < -0.39 is 0 Å². The summed E-state index contributed by atoms with van der Waals surface area (Å²) >= 11 is 1.51. The lowest BCUT2D eigenvalue weighted by Gasteiger charge is -2.22. The Morgan fingerprint density at radius 3 is 2.86 bits per heavy atom. The number of methoxy groups -OCH3 is 1. The van der Waals surface area contributed by atoms with Crippen LogP contribution in [0.3, 0.4) is 0 Å². The molecule has 4 rings (SSSR count). The minimum Gasteiger partial charge on any atom is -0.493 e. The number of amides is 1. The van der Waals surface area contributed by atoms with Crippen LogP contribution in [0.4, 0.5) is 15.3 Å². The summed E-state index contributed by atoms with van der Waals surface area (Å²) in [5, 5.41) is 6.59. The third kappa shape index (κ3) is 3.88. The van der Waals surface area contributed by atoms with Crippen molar-refractivity contribution in [3.63, 3.8) is 0 Å². The van der Waals surface area contributed by atoms with Crippen molar-refractivity contribution in [1.29, 1.82) is 0 Å². The van der Waals surface area contributed by atoms with Crippen molar-refractivity contribution >= 4 is 28.2 Å². The van der Waals surface area contributed by atoms with Gasteiger partial charge in [-0.25, -0.2) is 9.37 Å². The van der Waals surface area contributed by atoms with Crippen molar-refractivity contribution in [3.8, 4) is 11.5 Å². The van der Waals surface area contributed by atoms with Crippen LogP contribution in [0, 0.1) is 5.82 Å². The number of carbonyl (C=O) groups excluding carboxylic acids is 1. The predicted molar refractivity (Wildman–Crippen MR) is 110 cm³/mol. The Labute approximate surface area is 171 Å². The number of carbonyl (C=O) groups is 1. The normalized spacial score (nSPS) is 15.4. The molecule has 0 aliphatic carbocycles. The lowest BCUT2D eigenvalue weighted by molar-refractivity contribution is -0.116. The Morgan fingerprint density at radius 1 is 1.28 bits per heavy atom. The first kappa shape index (κ1) is 19.2. The number of benzene rings is 2. The van der Waals surface area contributed by atoms with Gasteiger partial charge in [0.25, 0.3) is 0 Å². The zero-order valence-corrected chi connectivity index (χ0v) is 16.8. The van der Waals surface area contributed by atoms with Crippen molar-refractivity contribution in [2.75, 3.05) is 24.8 Å². The number of aromatic nitrogens is 1. The molecule has 1 aliphatic rings. The van der Waals surface area contributed by atoms with Crippen LogP contribution < -0.4 is 20.1 Å². The second-order valence-corrected chi connectivity index (χ2v) is 7.61. The third-order valence-corrected chi connectivity index (χ3v) is 5.95. The fraction of sp³-hybridized carbons (Fsp3) is 0.238. The van der Waals surface area contributed by atoms with Crippen LogP contribution in [0.5, 0.6) is 11.5 Å². The van der Waals surface area contributed by atoms with Gasteiger partial charge in [0, 0.05) is 24.9 Å². The molecule has 6 nitrogen and oxygen atoms in total. The number of anilines is 2. The monoisotopic (exact) mass is 413 g/mol. The highest BCUT2D eigenvalue weighted by atomic mass is 32.1. The summed E-state index contributed by atoms with van der Waals surface area (Å²) in [5.41, 5.74) is 1.37. The van der Waals surface area contributed by atoms with E-state index >= 15 is 0 Å². The molecule has 1 aromatic heterocycles. The van der Waals surface area contributed by atoms with Crippen LogP contribution >= 0.6 is 11.3 Å². The Balaban J connectivity index is 1.65. The van der Waals surface area contributed by atoms with Gasteiger partial charge in [0.2, 0.25) is 5.91 Å². The molecule has 1 aliphatic heterocycles. The highest BCUT2D eigenvalue weighted by Crippen LogP contribution is 2.44. The molecule has 3 aromatic rings.